The minimum absolute atomic E-state index is 0. The lowest BCUT2D eigenvalue weighted by molar-refractivity contribution is -0.137. The fourth-order valence-electron chi connectivity index (χ4n) is 3.38. The number of rotatable bonds is 10. The Labute approximate surface area is 206 Å². The van der Waals surface area contributed by atoms with E-state index in [0.29, 0.717) is 18.5 Å². The number of unbranched alkanes of at least 4 members (excludes halogenated alkanes) is 1. The van der Waals surface area contributed by atoms with Gasteiger partial charge >= 0.3 is 6.18 Å². The van der Waals surface area contributed by atoms with Gasteiger partial charge in [0.25, 0.3) is 0 Å². The SMILES string of the molecule is CCCCN1CCC(NC(=NCC(O)COc2ccc(C(F)(F)F)cc2)NCC)CC1.I. The second-order valence-electron chi connectivity index (χ2n) is 7.82. The average Bonchev–Trinajstić information content (AvgIpc) is 2.75. The lowest BCUT2D eigenvalue weighted by Gasteiger charge is -2.33. The predicted octanol–water partition coefficient (Wildman–Crippen LogP) is 3.88. The fraction of sp³-hybridized carbons (Fsp3) is 0.682. The standard InChI is InChI=1S/C22H35F3N4O2.HI/c1-3-5-12-29-13-10-18(11-14-29)28-21(26-4-2)27-15-19(30)16-31-20-8-6-17(7-9-20)22(23,24)25;/h6-9,18-19,30H,3-5,10-16H2,1-2H3,(H2,26,27,28);1H. The molecule has 1 atom stereocenters. The topological polar surface area (TPSA) is 69.1 Å². The van der Waals surface area contributed by atoms with Gasteiger partial charge in [-0.25, -0.2) is 0 Å². The maximum Gasteiger partial charge on any atom is 0.416 e. The highest BCUT2D eigenvalue weighted by Gasteiger charge is 2.30. The van der Waals surface area contributed by atoms with Gasteiger partial charge in [-0.15, -0.1) is 24.0 Å². The van der Waals surface area contributed by atoms with Crippen molar-refractivity contribution in [2.24, 2.45) is 4.99 Å². The van der Waals surface area contributed by atoms with E-state index in [4.69, 9.17) is 4.74 Å². The predicted molar refractivity (Wildman–Crippen MR) is 132 cm³/mol. The molecule has 1 aliphatic rings. The maximum absolute atomic E-state index is 12.6. The van der Waals surface area contributed by atoms with E-state index < -0.39 is 17.8 Å². The Balaban J connectivity index is 0.00000512. The largest absolute Gasteiger partial charge is 0.491 e. The van der Waals surface area contributed by atoms with Gasteiger partial charge in [-0.1, -0.05) is 13.3 Å². The minimum atomic E-state index is -4.38. The molecule has 6 nitrogen and oxygen atoms in total. The highest BCUT2D eigenvalue weighted by atomic mass is 127. The normalized spacial score (nSPS) is 16.9. The monoisotopic (exact) mass is 572 g/mol. The Hall–Kier alpha value is -1.27. The number of nitrogens with zero attached hydrogens (tertiary/aromatic N) is 2. The van der Waals surface area contributed by atoms with E-state index in [1.807, 2.05) is 6.92 Å². The van der Waals surface area contributed by atoms with Crippen molar-refractivity contribution < 1.29 is 23.0 Å². The van der Waals surface area contributed by atoms with Crippen molar-refractivity contribution in [1.82, 2.24) is 15.5 Å². The summed E-state index contributed by atoms with van der Waals surface area (Å²) in [5.74, 6) is 0.930. The quantitative estimate of drug-likeness (QED) is 0.226. The summed E-state index contributed by atoms with van der Waals surface area (Å²) in [5.41, 5.74) is -0.734. The van der Waals surface area contributed by atoms with Crippen molar-refractivity contribution in [3.05, 3.63) is 29.8 Å². The second kappa shape index (κ2) is 14.8. The Kier molecular flexibility index (Phi) is 13.3. The Morgan fingerprint density at radius 1 is 1.22 bits per heavy atom. The van der Waals surface area contributed by atoms with Crippen LogP contribution < -0.4 is 15.4 Å². The summed E-state index contributed by atoms with van der Waals surface area (Å²) in [5, 5.41) is 16.8. The molecule has 1 unspecified atom stereocenters. The number of likely N-dealkylation sites (tertiary alicyclic amines) is 1. The first-order chi connectivity index (χ1) is 14.8. The van der Waals surface area contributed by atoms with Crippen molar-refractivity contribution in [3.63, 3.8) is 0 Å². The third-order valence-corrected chi connectivity index (χ3v) is 5.18. The summed E-state index contributed by atoms with van der Waals surface area (Å²) in [6.07, 6.45) is -0.709. The number of aliphatic hydroxyl groups is 1. The molecule has 32 heavy (non-hydrogen) atoms. The van der Waals surface area contributed by atoms with Crippen LogP contribution in [0.15, 0.2) is 29.3 Å². The highest BCUT2D eigenvalue weighted by Crippen LogP contribution is 2.30. The number of hydrogen-bond donors (Lipinski definition) is 3. The van der Waals surface area contributed by atoms with Crippen LogP contribution in [0.25, 0.3) is 0 Å². The van der Waals surface area contributed by atoms with Gasteiger partial charge in [0.1, 0.15) is 18.5 Å². The molecule has 0 aliphatic carbocycles. The van der Waals surface area contributed by atoms with Crippen molar-refractivity contribution in [2.75, 3.05) is 39.3 Å². The molecule has 10 heteroatoms. The van der Waals surface area contributed by atoms with Crippen LogP contribution in [0.5, 0.6) is 5.75 Å². The first kappa shape index (κ1) is 28.8. The van der Waals surface area contributed by atoms with Crippen LogP contribution >= 0.6 is 24.0 Å². The summed E-state index contributed by atoms with van der Waals surface area (Å²) >= 11 is 0. The van der Waals surface area contributed by atoms with Gasteiger partial charge < -0.3 is 25.4 Å². The maximum atomic E-state index is 12.6. The zero-order chi connectivity index (χ0) is 22.7. The van der Waals surface area contributed by atoms with E-state index in [-0.39, 0.29) is 42.9 Å². The first-order valence-corrected chi connectivity index (χ1v) is 11.1. The third kappa shape index (κ3) is 10.6. The van der Waals surface area contributed by atoms with Gasteiger partial charge in [0, 0.05) is 25.7 Å². The molecule has 0 bridgehead atoms. The van der Waals surface area contributed by atoms with E-state index in [0.717, 1.165) is 44.6 Å². The van der Waals surface area contributed by atoms with Gasteiger partial charge in [-0.3, -0.25) is 4.99 Å². The van der Waals surface area contributed by atoms with Crippen LogP contribution in [-0.4, -0.2) is 67.4 Å². The molecule has 0 saturated carbocycles. The molecule has 1 heterocycles. The Morgan fingerprint density at radius 2 is 1.88 bits per heavy atom. The van der Waals surface area contributed by atoms with E-state index in [2.05, 4.69) is 27.4 Å². The van der Waals surface area contributed by atoms with Gasteiger partial charge in [-0.2, -0.15) is 13.2 Å². The molecule has 1 aliphatic heterocycles. The molecule has 1 saturated heterocycles. The van der Waals surface area contributed by atoms with Crippen LogP contribution in [-0.2, 0) is 6.18 Å². The fourth-order valence-corrected chi connectivity index (χ4v) is 3.38. The molecule has 184 valence electrons. The summed E-state index contributed by atoms with van der Waals surface area (Å²) in [4.78, 5) is 6.93. The molecular formula is C22H36F3IN4O2. The molecule has 0 radical (unpaired) electrons. The number of aliphatic imine (C=N–C) groups is 1. The zero-order valence-electron chi connectivity index (χ0n) is 18.8. The van der Waals surface area contributed by atoms with E-state index in [1.54, 1.807) is 0 Å². The third-order valence-electron chi connectivity index (χ3n) is 5.18. The average molecular weight is 572 g/mol. The number of guanidine groups is 1. The van der Waals surface area contributed by atoms with Crippen LogP contribution in [0.2, 0.25) is 0 Å². The van der Waals surface area contributed by atoms with E-state index >= 15 is 0 Å². The lowest BCUT2D eigenvalue weighted by atomic mass is 10.0. The molecule has 2 rings (SSSR count). The van der Waals surface area contributed by atoms with Gasteiger partial charge in [-0.05, 0) is 57.0 Å². The van der Waals surface area contributed by atoms with Crippen LogP contribution in [0.3, 0.4) is 0 Å². The van der Waals surface area contributed by atoms with Crippen LogP contribution in [0.1, 0.15) is 45.1 Å². The first-order valence-electron chi connectivity index (χ1n) is 11.1. The molecular weight excluding hydrogens is 536 g/mol. The van der Waals surface area contributed by atoms with Gasteiger partial charge in [0.15, 0.2) is 5.96 Å². The molecule has 1 aromatic carbocycles. The number of nitrogens with one attached hydrogen (secondary N) is 2. The number of aliphatic hydroxyl groups excluding tert-OH is 1. The Bertz CT molecular complexity index is 666. The van der Waals surface area contributed by atoms with E-state index in [9.17, 15) is 18.3 Å². The lowest BCUT2D eigenvalue weighted by Crippen LogP contribution is -2.49. The number of halogens is 4. The number of alkyl halides is 3. The van der Waals surface area contributed by atoms with Crippen molar-refractivity contribution in [3.8, 4) is 5.75 Å². The number of benzene rings is 1. The second-order valence-corrected chi connectivity index (χ2v) is 7.82. The van der Waals surface area contributed by atoms with Gasteiger partial charge in [0.2, 0.25) is 0 Å². The number of hydrogen-bond acceptors (Lipinski definition) is 4. The molecule has 0 amide bonds. The summed E-state index contributed by atoms with van der Waals surface area (Å²) in [6, 6.07) is 4.76. The minimum Gasteiger partial charge on any atom is -0.491 e. The van der Waals surface area contributed by atoms with Crippen LogP contribution in [0, 0.1) is 0 Å². The van der Waals surface area contributed by atoms with Crippen molar-refractivity contribution in [1.29, 1.82) is 0 Å². The van der Waals surface area contributed by atoms with E-state index in [1.165, 1.54) is 25.0 Å². The van der Waals surface area contributed by atoms with Crippen LogP contribution in [0.4, 0.5) is 13.2 Å². The molecule has 0 spiro atoms. The molecule has 1 fully saturated rings. The zero-order valence-corrected chi connectivity index (χ0v) is 21.2. The highest BCUT2D eigenvalue weighted by molar-refractivity contribution is 14.0. The number of ether oxygens (including phenoxy) is 1. The summed E-state index contributed by atoms with van der Waals surface area (Å²) in [7, 11) is 0. The summed E-state index contributed by atoms with van der Waals surface area (Å²) in [6.45, 7) is 8.27. The van der Waals surface area contributed by atoms with Crippen molar-refractivity contribution >= 4 is 29.9 Å². The Morgan fingerprint density at radius 3 is 2.44 bits per heavy atom. The van der Waals surface area contributed by atoms with Gasteiger partial charge in [0.05, 0.1) is 12.1 Å². The van der Waals surface area contributed by atoms with Crippen molar-refractivity contribution in [2.45, 2.75) is 57.9 Å². The molecule has 3 N–H and O–H groups in total. The molecule has 0 aromatic heterocycles. The number of piperidine rings is 1. The smallest absolute Gasteiger partial charge is 0.416 e. The summed E-state index contributed by atoms with van der Waals surface area (Å²) < 4.78 is 43.2. The molecule has 1 aromatic rings.